The van der Waals surface area contributed by atoms with E-state index < -0.39 is 11.0 Å². The van der Waals surface area contributed by atoms with Gasteiger partial charge >= 0.3 is 6.09 Å². The van der Waals surface area contributed by atoms with Crippen molar-refractivity contribution >= 4 is 11.8 Å². The average molecular weight is 338 g/mol. The molecule has 0 aromatic heterocycles. The van der Waals surface area contributed by atoms with E-state index in [-0.39, 0.29) is 12.3 Å². The molecule has 2 aromatic carbocycles. The van der Waals surface area contributed by atoms with Crippen LogP contribution in [0.5, 0.6) is 0 Å². The van der Waals surface area contributed by atoms with Crippen LogP contribution in [0.3, 0.4) is 0 Å². The predicted molar refractivity (Wildman–Crippen MR) is 94.0 cm³/mol. The predicted octanol–water partition coefficient (Wildman–Crippen LogP) is 3.57. The molecular weight excluding hydrogens is 320 g/mol. The Labute approximate surface area is 146 Å². The molecule has 0 fully saturated rings. The number of nitrogens with one attached hydrogen (secondary N) is 1. The zero-order chi connectivity index (χ0) is 18.1. The summed E-state index contributed by atoms with van der Waals surface area (Å²) in [6.45, 7) is 2.34. The molecule has 0 bridgehead atoms. The molecule has 2 rings (SSSR count). The maximum absolute atomic E-state index is 11.6. The lowest BCUT2D eigenvalue weighted by atomic mass is 10.1. The molecule has 2 aromatic rings. The van der Waals surface area contributed by atoms with Crippen molar-refractivity contribution in [2.45, 2.75) is 20.0 Å². The number of non-ortho nitro benzene ring substituents is 1. The standard InChI is InChI=1S/C19H18N2O4/c1-15-11-17(13-18(12-15)21(23)24)9-5-6-10-20-19(22)25-14-16-7-3-2-4-8-16/h2-4,7-8,11-13H,6,10,14H2,1H3,(H,20,22). The highest BCUT2D eigenvalue weighted by molar-refractivity contribution is 5.67. The first kappa shape index (κ1) is 18.0. The van der Waals surface area contributed by atoms with Crippen molar-refractivity contribution in [3.8, 4) is 11.8 Å². The van der Waals surface area contributed by atoms with Crippen LogP contribution in [0.25, 0.3) is 0 Å². The normalized spacial score (nSPS) is 9.64. The molecule has 0 saturated carbocycles. The zero-order valence-electron chi connectivity index (χ0n) is 13.8. The van der Waals surface area contributed by atoms with E-state index in [1.165, 1.54) is 12.1 Å². The topological polar surface area (TPSA) is 81.5 Å². The fourth-order valence-corrected chi connectivity index (χ4v) is 2.11. The molecule has 25 heavy (non-hydrogen) atoms. The summed E-state index contributed by atoms with van der Waals surface area (Å²) in [6, 6.07) is 14.1. The maximum Gasteiger partial charge on any atom is 0.407 e. The largest absolute Gasteiger partial charge is 0.445 e. The lowest BCUT2D eigenvalue weighted by Crippen LogP contribution is -2.24. The molecule has 0 spiro atoms. The van der Waals surface area contributed by atoms with Gasteiger partial charge < -0.3 is 10.1 Å². The van der Waals surface area contributed by atoms with Crippen LogP contribution in [0.4, 0.5) is 10.5 Å². The van der Waals surface area contributed by atoms with Gasteiger partial charge in [-0.2, -0.15) is 0 Å². The van der Waals surface area contributed by atoms with Crippen molar-refractivity contribution in [2.75, 3.05) is 6.54 Å². The van der Waals surface area contributed by atoms with E-state index in [0.717, 1.165) is 11.1 Å². The Bertz CT molecular complexity index is 807. The first-order valence-corrected chi connectivity index (χ1v) is 7.74. The minimum absolute atomic E-state index is 0.0203. The minimum atomic E-state index is -0.503. The highest BCUT2D eigenvalue weighted by atomic mass is 16.6. The van der Waals surface area contributed by atoms with Crippen molar-refractivity contribution in [1.82, 2.24) is 5.32 Å². The molecule has 6 nitrogen and oxygen atoms in total. The van der Waals surface area contributed by atoms with Crippen LogP contribution in [0.2, 0.25) is 0 Å². The minimum Gasteiger partial charge on any atom is -0.445 e. The van der Waals surface area contributed by atoms with Crippen LogP contribution in [0, 0.1) is 28.9 Å². The number of carbonyl (C=O) groups excluding carboxylic acids is 1. The summed E-state index contributed by atoms with van der Waals surface area (Å²) in [4.78, 5) is 21.9. The van der Waals surface area contributed by atoms with Crippen molar-refractivity contribution in [3.05, 3.63) is 75.3 Å². The quantitative estimate of drug-likeness (QED) is 0.391. The molecule has 0 heterocycles. The number of nitro benzene ring substituents is 1. The molecule has 0 aliphatic heterocycles. The molecule has 0 aliphatic rings. The zero-order valence-corrected chi connectivity index (χ0v) is 13.8. The van der Waals surface area contributed by atoms with Crippen LogP contribution in [-0.2, 0) is 11.3 Å². The summed E-state index contributed by atoms with van der Waals surface area (Å²) in [6.07, 6.45) is -0.0841. The van der Waals surface area contributed by atoms with E-state index in [2.05, 4.69) is 17.2 Å². The number of rotatable bonds is 5. The van der Waals surface area contributed by atoms with Crippen molar-refractivity contribution in [2.24, 2.45) is 0 Å². The lowest BCUT2D eigenvalue weighted by Gasteiger charge is -2.05. The molecule has 1 amide bonds. The number of alkyl carbamates (subject to hydrolysis) is 1. The first-order valence-electron chi connectivity index (χ1n) is 7.74. The number of aryl methyl sites for hydroxylation is 1. The average Bonchev–Trinajstić information content (AvgIpc) is 2.60. The van der Waals surface area contributed by atoms with Gasteiger partial charge in [-0.15, -0.1) is 0 Å². The smallest absolute Gasteiger partial charge is 0.407 e. The number of amides is 1. The third-order valence-corrected chi connectivity index (χ3v) is 3.24. The van der Waals surface area contributed by atoms with Crippen LogP contribution < -0.4 is 5.32 Å². The number of ether oxygens (including phenoxy) is 1. The van der Waals surface area contributed by atoms with Gasteiger partial charge in [0.1, 0.15) is 6.61 Å². The number of nitro groups is 1. The SMILES string of the molecule is Cc1cc(C#CCCNC(=O)OCc2ccccc2)cc([N+](=O)[O-])c1. The van der Waals surface area contributed by atoms with Gasteiger partial charge in [0, 0.05) is 30.7 Å². The van der Waals surface area contributed by atoms with E-state index in [9.17, 15) is 14.9 Å². The Morgan fingerprint density at radius 2 is 2.00 bits per heavy atom. The fraction of sp³-hybridized carbons (Fsp3) is 0.211. The van der Waals surface area contributed by atoms with Gasteiger partial charge in [-0.3, -0.25) is 10.1 Å². The fourth-order valence-electron chi connectivity index (χ4n) is 2.11. The summed E-state index contributed by atoms with van der Waals surface area (Å²) in [5.74, 6) is 5.75. The summed E-state index contributed by atoms with van der Waals surface area (Å²) in [7, 11) is 0. The second kappa shape index (κ2) is 9.08. The van der Waals surface area contributed by atoms with E-state index in [1.807, 2.05) is 30.3 Å². The maximum atomic E-state index is 11.6. The van der Waals surface area contributed by atoms with Gasteiger partial charge in [-0.25, -0.2) is 4.79 Å². The van der Waals surface area contributed by atoms with E-state index >= 15 is 0 Å². The van der Waals surface area contributed by atoms with Crippen molar-refractivity contribution in [1.29, 1.82) is 0 Å². The van der Waals surface area contributed by atoms with Gasteiger partial charge in [0.25, 0.3) is 5.69 Å². The Hall–Kier alpha value is -3.33. The third-order valence-electron chi connectivity index (χ3n) is 3.24. The monoisotopic (exact) mass is 338 g/mol. The number of nitrogens with zero attached hydrogens (tertiary/aromatic N) is 1. The Morgan fingerprint density at radius 3 is 2.72 bits per heavy atom. The molecule has 128 valence electrons. The second-order valence-corrected chi connectivity index (χ2v) is 5.35. The molecular formula is C19H18N2O4. The molecule has 0 radical (unpaired) electrons. The molecule has 6 heteroatoms. The van der Waals surface area contributed by atoms with Crippen molar-refractivity contribution in [3.63, 3.8) is 0 Å². The molecule has 0 unspecified atom stereocenters. The van der Waals surface area contributed by atoms with Crippen molar-refractivity contribution < 1.29 is 14.5 Å². The number of hydrogen-bond acceptors (Lipinski definition) is 4. The van der Waals surface area contributed by atoms with Crippen LogP contribution in [-0.4, -0.2) is 17.6 Å². The summed E-state index contributed by atoms with van der Waals surface area (Å²) >= 11 is 0. The molecule has 1 N–H and O–H groups in total. The number of benzene rings is 2. The first-order chi connectivity index (χ1) is 12.0. The van der Waals surface area contributed by atoms with Gasteiger partial charge in [0.05, 0.1) is 4.92 Å². The Kier molecular flexibility index (Phi) is 6.55. The Balaban J connectivity index is 1.75. The molecule has 0 atom stereocenters. The second-order valence-electron chi connectivity index (χ2n) is 5.35. The van der Waals surface area contributed by atoms with E-state index in [1.54, 1.807) is 13.0 Å². The highest BCUT2D eigenvalue weighted by Gasteiger charge is 2.06. The summed E-state index contributed by atoms with van der Waals surface area (Å²) in [5, 5.41) is 13.4. The highest BCUT2D eigenvalue weighted by Crippen LogP contribution is 2.15. The lowest BCUT2D eigenvalue weighted by molar-refractivity contribution is -0.384. The summed E-state index contributed by atoms with van der Waals surface area (Å²) < 4.78 is 5.08. The van der Waals surface area contributed by atoms with Crippen LogP contribution in [0.15, 0.2) is 48.5 Å². The van der Waals surface area contributed by atoms with Crippen LogP contribution in [0.1, 0.15) is 23.1 Å². The summed E-state index contributed by atoms with van der Waals surface area (Å²) in [5.41, 5.74) is 2.30. The van der Waals surface area contributed by atoms with Crippen LogP contribution >= 0.6 is 0 Å². The number of hydrogen-bond donors (Lipinski definition) is 1. The number of carbonyl (C=O) groups is 1. The molecule has 0 aliphatic carbocycles. The molecule has 0 saturated heterocycles. The van der Waals surface area contributed by atoms with Gasteiger partial charge in [0.2, 0.25) is 0 Å². The third kappa shape index (κ3) is 6.36. The van der Waals surface area contributed by atoms with E-state index in [4.69, 9.17) is 4.74 Å². The Morgan fingerprint density at radius 1 is 1.24 bits per heavy atom. The van der Waals surface area contributed by atoms with E-state index in [0.29, 0.717) is 18.5 Å². The van der Waals surface area contributed by atoms with Gasteiger partial charge in [-0.05, 0) is 24.1 Å². The van der Waals surface area contributed by atoms with Gasteiger partial charge in [0.15, 0.2) is 0 Å². The van der Waals surface area contributed by atoms with Gasteiger partial charge in [-0.1, -0.05) is 42.2 Å².